The molecule has 86 valence electrons. The Morgan fingerprint density at radius 1 is 1.31 bits per heavy atom. The number of aliphatic hydroxyl groups excluding tert-OH is 1. The van der Waals surface area contributed by atoms with Crippen LogP contribution < -0.4 is 0 Å². The molecule has 0 bridgehead atoms. The quantitative estimate of drug-likeness (QED) is 0.827. The topological polar surface area (TPSA) is 40.5 Å². The normalized spacial score (nSPS) is 15.9. The molecule has 0 aromatic heterocycles. The smallest absolute Gasteiger partial charge is 0.222 e. The number of likely N-dealkylation sites (tertiary alicyclic amines) is 1. The maximum Gasteiger partial charge on any atom is 0.222 e. The van der Waals surface area contributed by atoms with E-state index in [0.717, 1.165) is 12.8 Å². The van der Waals surface area contributed by atoms with Crippen LogP contribution >= 0.6 is 0 Å². The van der Waals surface area contributed by atoms with Crippen molar-refractivity contribution in [3.05, 3.63) is 35.9 Å². The lowest BCUT2D eigenvalue weighted by Gasteiger charge is -2.35. The van der Waals surface area contributed by atoms with E-state index in [4.69, 9.17) is 5.11 Å². The summed E-state index contributed by atoms with van der Waals surface area (Å²) in [6.07, 6.45) is 2.12. The second kappa shape index (κ2) is 5.12. The molecule has 2 rings (SSSR count). The lowest BCUT2D eigenvalue weighted by Crippen LogP contribution is -2.53. The van der Waals surface area contributed by atoms with Crippen LogP contribution in [-0.2, 0) is 11.2 Å². The third-order valence-electron chi connectivity index (χ3n) is 2.91. The molecule has 1 N–H and O–H groups in total. The summed E-state index contributed by atoms with van der Waals surface area (Å²) >= 11 is 0. The number of rotatable bonds is 4. The van der Waals surface area contributed by atoms with E-state index < -0.39 is 0 Å². The van der Waals surface area contributed by atoms with Crippen LogP contribution in [0, 0.1) is 0 Å². The number of β-amino-alcohol motifs (C(OH)–C–C–N with tert-alkyl or cyclic N) is 1. The molecule has 1 aromatic carbocycles. The first-order valence-electron chi connectivity index (χ1n) is 5.75. The highest BCUT2D eigenvalue weighted by atomic mass is 16.3. The van der Waals surface area contributed by atoms with Gasteiger partial charge in [-0.15, -0.1) is 0 Å². The largest absolute Gasteiger partial charge is 0.389 e. The summed E-state index contributed by atoms with van der Waals surface area (Å²) in [5.41, 5.74) is 1.28. The molecule has 0 saturated carbocycles. The third kappa shape index (κ3) is 2.83. The zero-order chi connectivity index (χ0) is 11.4. The predicted molar refractivity (Wildman–Crippen MR) is 62.0 cm³/mol. The van der Waals surface area contributed by atoms with Gasteiger partial charge in [-0.3, -0.25) is 4.79 Å². The Balaban J connectivity index is 1.67. The molecule has 0 unspecified atom stereocenters. The van der Waals surface area contributed by atoms with Crippen LogP contribution in [0.25, 0.3) is 0 Å². The lowest BCUT2D eigenvalue weighted by molar-refractivity contribution is -0.141. The Kier molecular flexibility index (Phi) is 3.57. The van der Waals surface area contributed by atoms with Crippen molar-refractivity contribution in [3.8, 4) is 0 Å². The van der Waals surface area contributed by atoms with E-state index >= 15 is 0 Å². The van der Waals surface area contributed by atoms with Crippen LogP contribution in [0.4, 0.5) is 0 Å². The molecule has 1 fully saturated rings. The van der Waals surface area contributed by atoms with Crippen molar-refractivity contribution >= 4 is 5.91 Å². The molecule has 16 heavy (non-hydrogen) atoms. The molecule has 0 aliphatic carbocycles. The molecular weight excluding hydrogens is 202 g/mol. The van der Waals surface area contributed by atoms with E-state index in [-0.39, 0.29) is 12.0 Å². The molecule has 3 nitrogen and oxygen atoms in total. The Hall–Kier alpha value is -1.35. The van der Waals surface area contributed by atoms with Crippen molar-refractivity contribution in [3.63, 3.8) is 0 Å². The lowest BCUT2D eigenvalue weighted by atomic mass is 10.1. The first-order chi connectivity index (χ1) is 7.75. The third-order valence-corrected chi connectivity index (χ3v) is 2.91. The van der Waals surface area contributed by atoms with E-state index in [1.54, 1.807) is 4.90 Å². The van der Waals surface area contributed by atoms with Crippen molar-refractivity contribution in [1.29, 1.82) is 0 Å². The second-order valence-corrected chi connectivity index (χ2v) is 4.29. The van der Waals surface area contributed by atoms with Gasteiger partial charge in [-0.2, -0.15) is 0 Å². The van der Waals surface area contributed by atoms with Crippen LogP contribution in [0.2, 0.25) is 0 Å². The van der Waals surface area contributed by atoms with Crippen molar-refractivity contribution in [2.75, 3.05) is 13.1 Å². The summed E-state index contributed by atoms with van der Waals surface area (Å²) < 4.78 is 0. The van der Waals surface area contributed by atoms with Gasteiger partial charge in [0.25, 0.3) is 0 Å². The van der Waals surface area contributed by atoms with Crippen molar-refractivity contribution in [2.45, 2.75) is 25.4 Å². The van der Waals surface area contributed by atoms with Gasteiger partial charge in [0.15, 0.2) is 0 Å². The van der Waals surface area contributed by atoms with Gasteiger partial charge < -0.3 is 10.0 Å². The average Bonchev–Trinajstić information content (AvgIpc) is 2.26. The summed E-state index contributed by atoms with van der Waals surface area (Å²) in [6, 6.07) is 10.2. The number of aliphatic hydroxyl groups is 1. The average molecular weight is 219 g/mol. The molecule has 1 saturated heterocycles. The number of nitrogens with zero attached hydrogens (tertiary/aromatic N) is 1. The Bertz CT molecular complexity index is 344. The summed E-state index contributed by atoms with van der Waals surface area (Å²) in [4.78, 5) is 13.3. The fraction of sp³-hybridized carbons (Fsp3) is 0.462. The maximum atomic E-state index is 11.6. The zero-order valence-electron chi connectivity index (χ0n) is 9.30. The van der Waals surface area contributed by atoms with Gasteiger partial charge in [0.2, 0.25) is 5.91 Å². The van der Waals surface area contributed by atoms with Crippen LogP contribution in [0.3, 0.4) is 0 Å². The Morgan fingerprint density at radius 2 is 2.00 bits per heavy atom. The highest BCUT2D eigenvalue weighted by molar-refractivity contribution is 5.77. The number of benzene rings is 1. The highest BCUT2D eigenvalue weighted by Gasteiger charge is 2.27. The highest BCUT2D eigenvalue weighted by Crippen LogP contribution is 2.11. The zero-order valence-corrected chi connectivity index (χ0v) is 9.30. The van der Waals surface area contributed by atoms with Crippen LogP contribution in [0.1, 0.15) is 18.4 Å². The molecule has 3 heteroatoms. The fourth-order valence-electron chi connectivity index (χ4n) is 1.91. The van der Waals surface area contributed by atoms with Crippen LogP contribution in [0.15, 0.2) is 30.3 Å². The number of amides is 1. The van der Waals surface area contributed by atoms with E-state index in [2.05, 4.69) is 12.1 Å². The van der Waals surface area contributed by atoms with Gasteiger partial charge >= 0.3 is 0 Å². The van der Waals surface area contributed by atoms with Crippen molar-refractivity contribution < 1.29 is 9.90 Å². The van der Waals surface area contributed by atoms with Gasteiger partial charge in [0.05, 0.1) is 6.10 Å². The Labute approximate surface area is 95.7 Å². The number of carbonyl (C=O) groups excluding carboxylic acids is 1. The van der Waals surface area contributed by atoms with E-state index in [9.17, 15) is 4.79 Å². The van der Waals surface area contributed by atoms with Crippen LogP contribution in [0.5, 0.6) is 0 Å². The first kappa shape index (κ1) is 11.1. The van der Waals surface area contributed by atoms with E-state index in [0.29, 0.717) is 19.5 Å². The number of hydrogen-bond donors (Lipinski definition) is 1. The molecule has 1 heterocycles. The molecule has 0 atom stereocenters. The van der Waals surface area contributed by atoms with E-state index in [1.807, 2.05) is 18.2 Å². The molecule has 1 amide bonds. The minimum absolute atomic E-state index is 0.168. The fourth-order valence-corrected chi connectivity index (χ4v) is 1.91. The SMILES string of the molecule is O=C(CCCc1ccccc1)N1CC(O)C1. The van der Waals surface area contributed by atoms with Crippen LogP contribution in [-0.4, -0.2) is 35.1 Å². The minimum atomic E-state index is -0.293. The van der Waals surface area contributed by atoms with E-state index in [1.165, 1.54) is 5.56 Å². The molecule has 1 aromatic rings. The molecule has 0 radical (unpaired) electrons. The van der Waals surface area contributed by atoms with Gasteiger partial charge in [0, 0.05) is 19.5 Å². The summed E-state index contributed by atoms with van der Waals surface area (Å²) in [7, 11) is 0. The molecular formula is C13H17NO2. The standard InChI is InChI=1S/C13H17NO2/c15-12-9-14(10-12)13(16)8-4-7-11-5-2-1-3-6-11/h1-3,5-6,12,15H,4,7-10H2. The maximum absolute atomic E-state index is 11.6. The minimum Gasteiger partial charge on any atom is -0.389 e. The van der Waals surface area contributed by atoms with Crippen molar-refractivity contribution in [2.24, 2.45) is 0 Å². The summed E-state index contributed by atoms with van der Waals surface area (Å²) in [6.45, 7) is 1.04. The molecule has 1 aliphatic heterocycles. The molecule has 1 aliphatic rings. The van der Waals surface area contributed by atoms with Crippen molar-refractivity contribution in [1.82, 2.24) is 4.90 Å². The monoisotopic (exact) mass is 219 g/mol. The number of hydrogen-bond acceptors (Lipinski definition) is 2. The van der Waals surface area contributed by atoms with Gasteiger partial charge in [-0.05, 0) is 18.4 Å². The summed E-state index contributed by atoms with van der Waals surface area (Å²) in [5.74, 6) is 0.168. The predicted octanol–water partition coefficient (Wildman–Crippen LogP) is 1.21. The van der Waals surface area contributed by atoms with Gasteiger partial charge in [-0.25, -0.2) is 0 Å². The molecule has 0 spiro atoms. The van der Waals surface area contributed by atoms with Gasteiger partial charge in [-0.1, -0.05) is 30.3 Å². The van der Waals surface area contributed by atoms with Gasteiger partial charge in [0.1, 0.15) is 0 Å². The first-order valence-corrected chi connectivity index (χ1v) is 5.75. The summed E-state index contributed by atoms with van der Waals surface area (Å²) in [5, 5.41) is 9.08. The Morgan fingerprint density at radius 3 is 2.62 bits per heavy atom. The number of aryl methyl sites for hydroxylation is 1. The second-order valence-electron chi connectivity index (χ2n) is 4.29. The number of carbonyl (C=O) groups is 1.